The van der Waals surface area contributed by atoms with Gasteiger partial charge in [-0.1, -0.05) is 49.8 Å². The molecule has 6 atom stereocenters. The highest BCUT2D eigenvalue weighted by Gasteiger charge is 2.50. The zero-order chi connectivity index (χ0) is 21.9. The number of carbonyl (C=O) groups is 1. The molecule has 0 amide bonds. The Labute approximate surface area is 182 Å². The second-order valence-electron chi connectivity index (χ2n) is 10.2. The number of hydrogen-bond donors (Lipinski definition) is 2. The smallest absolute Gasteiger partial charge is 0.155 e. The number of allylic oxidation sites excluding steroid dienone is 5. The van der Waals surface area contributed by atoms with Gasteiger partial charge in [0.15, 0.2) is 5.78 Å². The van der Waals surface area contributed by atoms with Gasteiger partial charge in [-0.3, -0.25) is 4.79 Å². The summed E-state index contributed by atoms with van der Waals surface area (Å²) in [7, 11) is 0. The Hall–Kier alpha value is -1.45. The lowest BCUT2D eigenvalue weighted by molar-refractivity contribution is -0.115. The minimum absolute atomic E-state index is 0.249. The van der Waals surface area contributed by atoms with Crippen LogP contribution in [-0.2, 0) is 4.79 Å². The predicted molar refractivity (Wildman–Crippen MR) is 123 cm³/mol. The van der Waals surface area contributed by atoms with E-state index in [0.717, 1.165) is 18.4 Å². The van der Waals surface area contributed by atoms with E-state index in [2.05, 4.69) is 32.6 Å². The fourth-order valence-corrected chi connectivity index (χ4v) is 6.48. The number of hydrogen-bond acceptors (Lipinski definition) is 3. The SMILES string of the molecule is C=C1[C@H](O)CC(=CC=C2CCC[C@]3(C)[C@@H]([C@H](C)CCC(=O)C=CC)CC[C@@H]23)C[C@H]1O. The molecule has 0 aromatic heterocycles. The third-order valence-electron chi connectivity index (χ3n) is 8.22. The van der Waals surface area contributed by atoms with E-state index in [1.165, 1.54) is 25.7 Å². The van der Waals surface area contributed by atoms with E-state index in [1.807, 2.05) is 13.0 Å². The first-order chi connectivity index (χ1) is 14.3. The van der Waals surface area contributed by atoms with Crippen LogP contribution in [0.15, 0.2) is 47.6 Å². The average molecular weight is 413 g/mol. The van der Waals surface area contributed by atoms with Crippen LogP contribution in [-0.4, -0.2) is 28.2 Å². The van der Waals surface area contributed by atoms with Crippen LogP contribution >= 0.6 is 0 Å². The summed E-state index contributed by atoms with van der Waals surface area (Å²) in [5.41, 5.74) is 3.54. The minimum atomic E-state index is -0.628. The van der Waals surface area contributed by atoms with Crippen LogP contribution in [0.5, 0.6) is 0 Å². The number of fused-ring (bicyclic) bond motifs is 1. The fraction of sp³-hybridized carbons (Fsp3) is 0.667. The highest BCUT2D eigenvalue weighted by molar-refractivity contribution is 5.89. The van der Waals surface area contributed by atoms with Crippen LogP contribution in [0, 0.1) is 23.2 Å². The standard InChI is InChI=1S/C27H40O3/c1-5-7-22(28)12-9-18(2)23-13-14-24-21(8-6-15-27(23,24)4)11-10-20-16-25(29)19(3)26(30)17-20/h5,7,10-11,18,23-26,29-30H,3,6,8-9,12-17H2,1-2,4H3/t18-,23-,24+,25-,26-,27-/m1/s1. The second kappa shape index (κ2) is 9.78. The maximum Gasteiger partial charge on any atom is 0.155 e. The molecule has 0 heterocycles. The van der Waals surface area contributed by atoms with Gasteiger partial charge < -0.3 is 10.2 Å². The Bertz CT molecular complexity index is 727. The maximum absolute atomic E-state index is 11.9. The highest BCUT2D eigenvalue weighted by atomic mass is 16.3. The van der Waals surface area contributed by atoms with Gasteiger partial charge in [-0.05, 0) is 93.1 Å². The quantitative estimate of drug-likeness (QED) is 0.435. The van der Waals surface area contributed by atoms with Gasteiger partial charge in [0, 0.05) is 6.42 Å². The summed E-state index contributed by atoms with van der Waals surface area (Å²) in [5, 5.41) is 20.2. The van der Waals surface area contributed by atoms with E-state index in [-0.39, 0.29) is 5.78 Å². The largest absolute Gasteiger partial charge is 0.388 e. The van der Waals surface area contributed by atoms with E-state index < -0.39 is 12.2 Å². The van der Waals surface area contributed by atoms with E-state index in [1.54, 1.807) is 11.6 Å². The molecule has 3 aliphatic carbocycles. The normalized spacial score (nSPS) is 36.9. The third kappa shape index (κ3) is 4.89. The zero-order valence-corrected chi connectivity index (χ0v) is 19.1. The van der Waals surface area contributed by atoms with Gasteiger partial charge in [0.1, 0.15) is 0 Å². The zero-order valence-electron chi connectivity index (χ0n) is 19.1. The molecule has 0 unspecified atom stereocenters. The third-order valence-corrected chi connectivity index (χ3v) is 8.22. The van der Waals surface area contributed by atoms with Gasteiger partial charge in [0.2, 0.25) is 0 Å². The number of aliphatic hydroxyl groups excluding tert-OH is 2. The number of rotatable bonds is 6. The summed E-state index contributed by atoms with van der Waals surface area (Å²) in [6.45, 7) is 10.5. The molecular formula is C27H40O3. The van der Waals surface area contributed by atoms with Crippen molar-refractivity contribution in [3.05, 3.63) is 47.6 Å². The average Bonchev–Trinajstić information content (AvgIpc) is 3.06. The summed E-state index contributed by atoms with van der Waals surface area (Å²) in [6.07, 6.45) is 15.7. The fourth-order valence-electron chi connectivity index (χ4n) is 6.48. The van der Waals surface area contributed by atoms with Crippen molar-refractivity contribution in [2.24, 2.45) is 23.2 Å². The van der Waals surface area contributed by atoms with Crippen molar-refractivity contribution >= 4 is 5.78 Å². The first-order valence-electron chi connectivity index (χ1n) is 11.8. The van der Waals surface area contributed by atoms with E-state index in [9.17, 15) is 15.0 Å². The van der Waals surface area contributed by atoms with Crippen LogP contribution in [0.25, 0.3) is 0 Å². The summed E-state index contributed by atoms with van der Waals surface area (Å²) in [6, 6.07) is 0. The number of ketones is 1. The van der Waals surface area contributed by atoms with Gasteiger partial charge in [-0.15, -0.1) is 0 Å². The Morgan fingerprint density at radius 2 is 1.93 bits per heavy atom. The first kappa shape index (κ1) is 23.2. The van der Waals surface area contributed by atoms with Crippen molar-refractivity contribution in [2.75, 3.05) is 0 Å². The molecule has 3 heteroatoms. The molecule has 0 saturated heterocycles. The lowest BCUT2D eigenvalue weighted by Gasteiger charge is -2.44. The van der Waals surface area contributed by atoms with Gasteiger partial charge in [0.05, 0.1) is 12.2 Å². The van der Waals surface area contributed by atoms with Crippen molar-refractivity contribution in [1.29, 1.82) is 0 Å². The molecule has 0 spiro atoms. The van der Waals surface area contributed by atoms with E-state index >= 15 is 0 Å². The molecule has 0 aliphatic heterocycles. The minimum Gasteiger partial charge on any atom is -0.388 e. The molecule has 0 bridgehead atoms. The van der Waals surface area contributed by atoms with Gasteiger partial charge >= 0.3 is 0 Å². The van der Waals surface area contributed by atoms with Crippen LogP contribution in [0.3, 0.4) is 0 Å². The van der Waals surface area contributed by atoms with Crippen LogP contribution < -0.4 is 0 Å². The lowest BCUT2D eigenvalue weighted by atomic mass is 9.60. The lowest BCUT2D eigenvalue weighted by Crippen LogP contribution is -2.36. The van der Waals surface area contributed by atoms with Gasteiger partial charge in [-0.2, -0.15) is 0 Å². The molecule has 166 valence electrons. The Morgan fingerprint density at radius 1 is 1.23 bits per heavy atom. The van der Waals surface area contributed by atoms with Crippen LogP contribution in [0.1, 0.15) is 78.6 Å². The monoisotopic (exact) mass is 412 g/mol. The molecule has 0 aromatic rings. The van der Waals surface area contributed by atoms with Crippen LogP contribution in [0.4, 0.5) is 0 Å². The van der Waals surface area contributed by atoms with Gasteiger partial charge in [0.25, 0.3) is 0 Å². The summed E-state index contributed by atoms with van der Waals surface area (Å²) in [4.78, 5) is 11.9. The van der Waals surface area contributed by atoms with Crippen molar-refractivity contribution < 1.29 is 15.0 Å². The molecule has 3 nitrogen and oxygen atoms in total. The molecule has 3 rings (SSSR count). The van der Waals surface area contributed by atoms with E-state index in [0.29, 0.717) is 48.0 Å². The number of aliphatic hydroxyl groups is 2. The molecule has 3 fully saturated rings. The van der Waals surface area contributed by atoms with Crippen molar-refractivity contribution in [3.63, 3.8) is 0 Å². The van der Waals surface area contributed by atoms with E-state index in [4.69, 9.17) is 0 Å². The first-order valence-corrected chi connectivity index (χ1v) is 11.8. The molecule has 0 radical (unpaired) electrons. The van der Waals surface area contributed by atoms with Crippen LogP contribution in [0.2, 0.25) is 0 Å². The maximum atomic E-state index is 11.9. The molecule has 3 aliphatic rings. The van der Waals surface area contributed by atoms with Gasteiger partial charge in [-0.25, -0.2) is 0 Å². The Morgan fingerprint density at radius 3 is 2.60 bits per heavy atom. The summed E-state index contributed by atoms with van der Waals surface area (Å²) < 4.78 is 0. The summed E-state index contributed by atoms with van der Waals surface area (Å²) in [5.74, 6) is 2.12. The molecular weight excluding hydrogens is 372 g/mol. The van der Waals surface area contributed by atoms with Crippen molar-refractivity contribution in [3.8, 4) is 0 Å². The van der Waals surface area contributed by atoms with Crippen molar-refractivity contribution in [2.45, 2.75) is 90.8 Å². The Balaban J connectivity index is 1.69. The number of carbonyl (C=O) groups excluding carboxylic acids is 1. The Kier molecular flexibility index (Phi) is 7.57. The second-order valence-corrected chi connectivity index (χ2v) is 10.2. The highest BCUT2D eigenvalue weighted by Crippen LogP contribution is 2.59. The predicted octanol–water partition coefficient (Wildman–Crippen LogP) is 5.69. The molecule has 0 aromatic carbocycles. The topological polar surface area (TPSA) is 57.5 Å². The van der Waals surface area contributed by atoms with Crippen molar-refractivity contribution in [1.82, 2.24) is 0 Å². The molecule has 3 saturated carbocycles. The summed E-state index contributed by atoms with van der Waals surface area (Å²) >= 11 is 0. The molecule has 30 heavy (non-hydrogen) atoms. The molecule has 2 N–H and O–H groups in total.